The minimum Gasteiger partial charge on any atom is -0.292 e. The molecule has 0 aliphatic heterocycles. The molecule has 2 heterocycles. The maximum Gasteiger partial charge on any atom is 0.270 e. The van der Waals surface area contributed by atoms with Gasteiger partial charge in [0.05, 0.1) is 21.0 Å². The number of halogens is 2. The fourth-order valence-electron chi connectivity index (χ4n) is 2.82. The van der Waals surface area contributed by atoms with Crippen molar-refractivity contribution in [2.45, 2.75) is 6.42 Å². The summed E-state index contributed by atoms with van der Waals surface area (Å²) in [6.07, 6.45) is 2.18. The molecule has 2 aromatic carbocycles. The van der Waals surface area contributed by atoms with E-state index in [0.717, 1.165) is 22.3 Å². The number of nitrogens with zero attached hydrogens (tertiary/aromatic N) is 4. The van der Waals surface area contributed by atoms with Crippen LogP contribution in [0.2, 0.25) is 10.2 Å². The Hall–Kier alpha value is -2.70. The van der Waals surface area contributed by atoms with E-state index < -0.39 is 4.92 Å². The summed E-state index contributed by atoms with van der Waals surface area (Å²) in [5.74, 6) is 0. The van der Waals surface area contributed by atoms with Crippen molar-refractivity contribution < 1.29 is 4.92 Å². The molecular weight excluding hydrogens is 363 g/mol. The standard InChI is InChI=1S/C17H10Cl2N4O2/c18-13-8-11(23(24)25)6-5-10(13)7-12-9-20-17-16(19)21-14-3-1-2-4-15(14)22(12)17/h1-6,8-9H,7H2. The first-order valence-corrected chi connectivity index (χ1v) is 8.13. The van der Waals surface area contributed by atoms with Crippen molar-refractivity contribution in [2.75, 3.05) is 0 Å². The van der Waals surface area contributed by atoms with Crippen LogP contribution in [0.25, 0.3) is 16.7 Å². The molecule has 0 saturated carbocycles. The molecule has 124 valence electrons. The number of nitro groups is 1. The molecule has 0 N–H and O–H groups in total. The number of hydrogen-bond donors (Lipinski definition) is 0. The third-order valence-corrected chi connectivity index (χ3v) is 4.59. The molecule has 4 aromatic rings. The molecule has 0 fully saturated rings. The smallest absolute Gasteiger partial charge is 0.270 e. The maximum absolute atomic E-state index is 10.9. The molecule has 0 unspecified atom stereocenters. The van der Waals surface area contributed by atoms with Gasteiger partial charge in [0.15, 0.2) is 10.8 Å². The summed E-state index contributed by atoms with van der Waals surface area (Å²) in [5, 5.41) is 11.5. The van der Waals surface area contributed by atoms with Gasteiger partial charge in [-0.3, -0.25) is 14.5 Å². The van der Waals surface area contributed by atoms with Crippen LogP contribution in [0.3, 0.4) is 0 Å². The third-order valence-electron chi connectivity index (χ3n) is 3.98. The number of fused-ring (bicyclic) bond motifs is 3. The first-order chi connectivity index (χ1) is 12.0. The maximum atomic E-state index is 10.9. The SMILES string of the molecule is O=[N+]([O-])c1ccc(Cc2cnc3c(Cl)nc4ccccc4n23)c(Cl)c1. The van der Waals surface area contributed by atoms with Crippen molar-refractivity contribution in [1.82, 2.24) is 14.4 Å². The average Bonchev–Trinajstić information content (AvgIpc) is 3.01. The molecule has 25 heavy (non-hydrogen) atoms. The minimum atomic E-state index is -0.469. The van der Waals surface area contributed by atoms with Gasteiger partial charge in [-0.05, 0) is 17.7 Å². The van der Waals surface area contributed by atoms with Gasteiger partial charge in [-0.25, -0.2) is 9.97 Å². The predicted molar refractivity (Wildman–Crippen MR) is 96.4 cm³/mol. The number of imidazole rings is 1. The molecule has 0 aliphatic carbocycles. The lowest BCUT2D eigenvalue weighted by Gasteiger charge is -2.08. The highest BCUT2D eigenvalue weighted by Crippen LogP contribution is 2.27. The Morgan fingerprint density at radius 2 is 1.96 bits per heavy atom. The van der Waals surface area contributed by atoms with Crippen molar-refractivity contribution >= 4 is 45.6 Å². The van der Waals surface area contributed by atoms with Crippen molar-refractivity contribution in [3.8, 4) is 0 Å². The molecule has 0 amide bonds. The van der Waals surface area contributed by atoms with Crippen LogP contribution in [0.1, 0.15) is 11.3 Å². The Labute approximate surface area is 151 Å². The molecule has 0 spiro atoms. The van der Waals surface area contributed by atoms with E-state index in [4.69, 9.17) is 23.2 Å². The van der Waals surface area contributed by atoms with E-state index in [1.165, 1.54) is 12.1 Å². The highest BCUT2D eigenvalue weighted by Gasteiger charge is 2.15. The number of nitro benzene ring substituents is 1. The van der Waals surface area contributed by atoms with E-state index in [1.54, 1.807) is 12.3 Å². The second-order valence-electron chi connectivity index (χ2n) is 5.51. The van der Waals surface area contributed by atoms with Gasteiger partial charge in [-0.2, -0.15) is 0 Å². The van der Waals surface area contributed by atoms with E-state index in [0.29, 0.717) is 22.2 Å². The zero-order valence-corrected chi connectivity index (χ0v) is 14.2. The summed E-state index contributed by atoms with van der Waals surface area (Å²) in [5.41, 5.74) is 3.80. The predicted octanol–water partition coefficient (Wildman–Crippen LogP) is 4.69. The lowest BCUT2D eigenvalue weighted by atomic mass is 10.1. The van der Waals surface area contributed by atoms with Gasteiger partial charge in [0.25, 0.3) is 5.69 Å². The molecule has 6 nitrogen and oxygen atoms in total. The van der Waals surface area contributed by atoms with Crippen LogP contribution in [0.15, 0.2) is 48.7 Å². The quantitative estimate of drug-likeness (QED) is 0.386. The number of aromatic nitrogens is 3. The second-order valence-corrected chi connectivity index (χ2v) is 6.27. The van der Waals surface area contributed by atoms with Crippen LogP contribution >= 0.6 is 23.2 Å². The number of rotatable bonds is 3. The molecule has 2 aromatic heterocycles. The van der Waals surface area contributed by atoms with Gasteiger partial charge < -0.3 is 0 Å². The van der Waals surface area contributed by atoms with Gasteiger partial charge in [0.2, 0.25) is 0 Å². The van der Waals surface area contributed by atoms with Gasteiger partial charge >= 0.3 is 0 Å². The van der Waals surface area contributed by atoms with Crippen molar-refractivity contribution in [3.63, 3.8) is 0 Å². The molecule has 0 atom stereocenters. The zero-order chi connectivity index (χ0) is 17.6. The van der Waals surface area contributed by atoms with E-state index in [-0.39, 0.29) is 5.69 Å². The first-order valence-electron chi connectivity index (χ1n) is 7.38. The normalized spacial score (nSPS) is 11.3. The van der Waals surface area contributed by atoms with E-state index in [9.17, 15) is 10.1 Å². The molecule has 8 heteroatoms. The highest BCUT2D eigenvalue weighted by molar-refractivity contribution is 6.32. The summed E-state index contributed by atoms with van der Waals surface area (Å²) >= 11 is 12.5. The van der Waals surface area contributed by atoms with Gasteiger partial charge in [0, 0.05) is 30.4 Å². The fraction of sp³-hybridized carbons (Fsp3) is 0.0588. The van der Waals surface area contributed by atoms with Gasteiger partial charge in [0.1, 0.15) is 0 Å². The number of hydrogen-bond acceptors (Lipinski definition) is 4. The van der Waals surface area contributed by atoms with Crippen LogP contribution in [0, 0.1) is 10.1 Å². The Kier molecular flexibility index (Phi) is 3.78. The van der Waals surface area contributed by atoms with E-state index in [2.05, 4.69) is 9.97 Å². The van der Waals surface area contributed by atoms with Gasteiger partial charge in [-0.15, -0.1) is 0 Å². The summed E-state index contributed by atoms with van der Waals surface area (Å²) in [4.78, 5) is 19.1. The Balaban J connectivity index is 1.87. The summed E-state index contributed by atoms with van der Waals surface area (Å²) < 4.78 is 1.93. The largest absolute Gasteiger partial charge is 0.292 e. The lowest BCUT2D eigenvalue weighted by Crippen LogP contribution is -1.99. The molecule has 0 aliphatic rings. The van der Waals surface area contributed by atoms with Crippen LogP contribution in [-0.2, 0) is 6.42 Å². The number of non-ortho nitro benzene ring substituents is 1. The van der Waals surface area contributed by atoms with E-state index >= 15 is 0 Å². The summed E-state index contributed by atoms with van der Waals surface area (Å²) in [7, 11) is 0. The Bertz CT molecular complexity index is 1140. The molecule has 4 rings (SSSR count). The van der Waals surface area contributed by atoms with Crippen LogP contribution in [-0.4, -0.2) is 19.3 Å². The highest BCUT2D eigenvalue weighted by atomic mass is 35.5. The molecule has 0 saturated heterocycles. The number of para-hydroxylation sites is 2. The minimum absolute atomic E-state index is 0.0374. The Morgan fingerprint density at radius 3 is 2.72 bits per heavy atom. The fourth-order valence-corrected chi connectivity index (χ4v) is 3.28. The number of benzene rings is 2. The van der Waals surface area contributed by atoms with E-state index in [1.807, 2.05) is 28.7 Å². The molecule has 0 bridgehead atoms. The lowest BCUT2D eigenvalue weighted by molar-refractivity contribution is -0.384. The van der Waals surface area contributed by atoms with Crippen LogP contribution in [0.5, 0.6) is 0 Å². The summed E-state index contributed by atoms with van der Waals surface area (Å²) in [6, 6.07) is 12.1. The average molecular weight is 373 g/mol. The van der Waals surface area contributed by atoms with Crippen molar-refractivity contribution in [3.05, 3.63) is 80.2 Å². The second kappa shape index (κ2) is 5.98. The third kappa shape index (κ3) is 2.69. The van der Waals surface area contributed by atoms with Crippen molar-refractivity contribution in [1.29, 1.82) is 0 Å². The monoisotopic (exact) mass is 372 g/mol. The summed E-state index contributed by atoms with van der Waals surface area (Å²) in [6.45, 7) is 0. The van der Waals surface area contributed by atoms with Crippen LogP contribution in [0.4, 0.5) is 5.69 Å². The zero-order valence-electron chi connectivity index (χ0n) is 12.7. The van der Waals surface area contributed by atoms with Crippen LogP contribution < -0.4 is 0 Å². The topological polar surface area (TPSA) is 73.3 Å². The first kappa shape index (κ1) is 15.8. The molecule has 0 radical (unpaired) electrons. The Morgan fingerprint density at radius 1 is 1.16 bits per heavy atom. The molecular formula is C17H10Cl2N4O2. The van der Waals surface area contributed by atoms with Gasteiger partial charge in [-0.1, -0.05) is 41.4 Å². The van der Waals surface area contributed by atoms with Crippen molar-refractivity contribution in [2.24, 2.45) is 0 Å².